The second-order valence-corrected chi connectivity index (χ2v) is 6.64. The molecule has 1 aromatic carbocycles. The SMILES string of the molecule is CCCCNC(=O)c1ccc(S(=O)(=O)NCCCOC)cc1. The van der Waals surface area contributed by atoms with Gasteiger partial charge in [0.2, 0.25) is 10.0 Å². The quantitative estimate of drug-likeness (QED) is 0.638. The highest BCUT2D eigenvalue weighted by Crippen LogP contribution is 2.10. The highest BCUT2D eigenvalue weighted by Gasteiger charge is 2.14. The van der Waals surface area contributed by atoms with Crippen molar-refractivity contribution >= 4 is 15.9 Å². The first-order valence-electron chi connectivity index (χ1n) is 7.38. The Bertz CT molecular complexity index is 555. The van der Waals surface area contributed by atoms with Crippen molar-refractivity contribution in [1.29, 1.82) is 0 Å². The fraction of sp³-hybridized carbons (Fsp3) is 0.533. The van der Waals surface area contributed by atoms with E-state index < -0.39 is 10.0 Å². The molecule has 1 rings (SSSR count). The third kappa shape index (κ3) is 6.13. The van der Waals surface area contributed by atoms with Gasteiger partial charge in [0, 0.05) is 32.4 Å². The first kappa shape index (κ1) is 18.6. The maximum atomic E-state index is 12.0. The first-order chi connectivity index (χ1) is 10.5. The van der Waals surface area contributed by atoms with Gasteiger partial charge in [-0.15, -0.1) is 0 Å². The molecule has 0 radical (unpaired) electrons. The van der Waals surface area contributed by atoms with E-state index in [1.54, 1.807) is 7.11 Å². The number of carbonyl (C=O) groups excluding carboxylic acids is 1. The Labute approximate surface area is 132 Å². The Kier molecular flexibility index (Phi) is 8.08. The predicted octanol–water partition coefficient (Wildman–Crippen LogP) is 1.53. The Hall–Kier alpha value is -1.44. The lowest BCUT2D eigenvalue weighted by Crippen LogP contribution is -2.26. The molecule has 0 unspecified atom stereocenters. The van der Waals surface area contributed by atoms with Crippen LogP contribution in [0.25, 0.3) is 0 Å². The molecule has 7 heteroatoms. The number of rotatable bonds is 10. The van der Waals surface area contributed by atoms with Gasteiger partial charge in [0.15, 0.2) is 0 Å². The molecule has 0 bridgehead atoms. The molecule has 0 aromatic heterocycles. The standard InChI is InChI=1S/C15H24N2O4S/c1-3-4-10-16-15(18)13-6-8-14(9-7-13)22(19,20)17-11-5-12-21-2/h6-9,17H,3-5,10-12H2,1-2H3,(H,16,18). The molecule has 0 aliphatic rings. The summed E-state index contributed by atoms with van der Waals surface area (Å²) in [6, 6.07) is 5.91. The van der Waals surface area contributed by atoms with Gasteiger partial charge in [0.1, 0.15) is 0 Å². The number of hydrogen-bond donors (Lipinski definition) is 2. The minimum Gasteiger partial charge on any atom is -0.385 e. The van der Waals surface area contributed by atoms with E-state index in [0.29, 0.717) is 31.7 Å². The van der Waals surface area contributed by atoms with E-state index in [-0.39, 0.29) is 10.8 Å². The lowest BCUT2D eigenvalue weighted by molar-refractivity contribution is 0.0953. The van der Waals surface area contributed by atoms with E-state index >= 15 is 0 Å². The van der Waals surface area contributed by atoms with Crippen molar-refractivity contribution in [3.8, 4) is 0 Å². The predicted molar refractivity (Wildman–Crippen MR) is 85.4 cm³/mol. The van der Waals surface area contributed by atoms with Crippen molar-refractivity contribution in [3.63, 3.8) is 0 Å². The summed E-state index contributed by atoms with van der Waals surface area (Å²) in [5, 5.41) is 2.79. The van der Waals surface area contributed by atoms with Crippen LogP contribution in [0.1, 0.15) is 36.5 Å². The molecule has 22 heavy (non-hydrogen) atoms. The minimum absolute atomic E-state index is 0.148. The molecular formula is C15H24N2O4S. The van der Waals surface area contributed by atoms with Crippen LogP contribution in [-0.2, 0) is 14.8 Å². The lowest BCUT2D eigenvalue weighted by Gasteiger charge is -2.08. The smallest absolute Gasteiger partial charge is 0.251 e. The number of hydrogen-bond acceptors (Lipinski definition) is 4. The van der Waals surface area contributed by atoms with Crippen LogP contribution in [0, 0.1) is 0 Å². The van der Waals surface area contributed by atoms with Gasteiger partial charge in [-0.25, -0.2) is 13.1 Å². The molecule has 1 amide bonds. The Morgan fingerprint density at radius 1 is 1.14 bits per heavy atom. The molecule has 1 aromatic rings. The average Bonchev–Trinajstić information content (AvgIpc) is 2.52. The maximum Gasteiger partial charge on any atom is 0.251 e. The molecule has 0 atom stereocenters. The number of sulfonamides is 1. The van der Waals surface area contributed by atoms with E-state index in [1.807, 2.05) is 6.92 Å². The van der Waals surface area contributed by atoms with E-state index in [9.17, 15) is 13.2 Å². The Morgan fingerprint density at radius 2 is 1.82 bits per heavy atom. The highest BCUT2D eigenvalue weighted by molar-refractivity contribution is 7.89. The van der Waals surface area contributed by atoms with E-state index in [1.165, 1.54) is 24.3 Å². The number of carbonyl (C=O) groups is 1. The zero-order valence-electron chi connectivity index (χ0n) is 13.1. The number of unbranched alkanes of at least 4 members (excludes halogenated alkanes) is 1. The van der Waals surface area contributed by atoms with Crippen LogP contribution in [0.4, 0.5) is 0 Å². The van der Waals surface area contributed by atoms with Gasteiger partial charge in [-0.05, 0) is 37.1 Å². The average molecular weight is 328 g/mol. The van der Waals surface area contributed by atoms with Crippen molar-refractivity contribution in [3.05, 3.63) is 29.8 Å². The lowest BCUT2D eigenvalue weighted by atomic mass is 10.2. The topological polar surface area (TPSA) is 84.5 Å². The van der Waals surface area contributed by atoms with Crippen LogP contribution in [0.15, 0.2) is 29.2 Å². The third-order valence-corrected chi connectivity index (χ3v) is 4.54. The largest absolute Gasteiger partial charge is 0.385 e. The van der Waals surface area contributed by atoms with Crippen LogP contribution >= 0.6 is 0 Å². The summed E-state index contributed by atoms with van der Waals surface area (Å²) < 4.78 is 31.4. The number of benzene rings is 1. The molecule has 0 aliphatic carbocycles. The molecule has 0 saturated heterocycles. The summed E-state index contributed by atoms with van der Waals surface area (Å²) in [5.41, 5.74) is 0.453. The fourth-order valence-electron chi connectivity index (χ4n) is 1.77. The zero-order chi connectivity index (χ0) is 16.4. The summed E-state index contributed by atoms with van der Waals surface area (Å²) in [6.07, 6.45) is 2.53. The van der Waals surface area contributed by atoms with Gasteiger partial charge in [-0.2, -0.15) is 0 Å². The molecule has 0 heterocycles. The summed E-state index contributed by atoms with van der Waals surface area (Å²) in [7, 11) is -1.97. The second kappa shape index (κ2) is 9.55. The van der Waals surface area contributed by atoms with E-state index in [2.05, 4.69) is 10.0 Å². The van der Waals surface area contributed by atoms with Gasteiger partial charge in [-0.1, -0.05) is 13.3 Å². The molecule has 0 spiro atoms. The molecule has 0 aliphatic heterocycles. The molecule has 2 N–H and O–H groups in total. The third-order valence-electron chi connectivity index (χ3n) is 3.06. The number of amides is 1. The highest BCUT2D eigenvalue weighted by atomic mass is 32.2. The zero-order valence-corrected chi connectivity index (χ0v) is 13.9. The number of nitrogens with one attached hydrogen (secondary N) is 2. The summed E-state index contributed by atoms with van der Waals surface area (Å²) in [5.74, 6) is -0.189. The Morgan fingerprint density at radius 3 is 2.41 bits per heavy atom. The monoisotopic (exact) mass is 328 g/mol. The van der Waals surface area contributed by atoms with Crippen LogP contribution < -0.4 is 10.0 Å². The van der Waals surface area contributed by atoms with Crippen molar-refractivity contribution in [1.82, 2.24) is 10.0 Å². The summed E-state index contributed by atoms with van der Waals surface area (Å²) in [4.78, 5) is 12.0. The van der Waals surface area contributed by atoms with Crippen LogP contribution in [0.3, 0.4) is 0 Å². The molecular weight excluding hydrogens is 304 g/mol. The Balaban J connectivity index is 2.61. The van der Waals surface area contributed by atoms with Gasteiger partial charge in [-0.3, -0.25) is 4.79 Å². The van der Waals surface area contributed by atoms with E-state index in [4.69, 9.17) is 4.74 Å². The first-order valence-corrected chi connectivity index (χ1v) is 8.86. The van der Waals surface area contributed by atoms with Crippen molar-refractivity contribution < 1.29 is 17.9 Å². The normalized spacial score (nSPS) is 11.4. The molecule has 0 fully saturated rings. The summed E-state index contributed by atoms with van der Waals surface area (Å²) >= 11 is 0. The van der Waals surface area contributed by atoms with Crippen molar-refractivity contribution in [2.75, 3.05) is 26.8 Å². The fourth-order valence-corrected chi connectivity index (χ4v) is 2.85. The van der Waals surface area contributed by atoms with Crippen LogP contribution in [-0.4, -0.2) is 41.1 Å². The van der Waals surface area contributed by atoms with Crippen LogP contribution in [0.5, 0.6) is 0 Å². The maximum absolute atomic E-state index is 12.0. The van der Waals surface area contributed by atoms with E-state index in [0.717, 1.165) is 12.8 Å². The summed E-state index contributed by atoms with van der Waals surface area (Å²) in [6.45, 7) is 3.48. The molecule has 124 valence electrons. The number of ether oxygens (including phenoxy) is 1. The molecule has 0 saturated carbocycles. The van der Waals surface area contributed by atoms with Gasteiger partial charge in [0.05, 0.1) is 4.90 Å². The second-order valence-electron chi connectivity index (χ2n) is 4.88. The van der Waals surface area contributed by atoms with Gasteiger partial charge >= 0.3 is 0 Å². The minimum atomic E-state index is -3.54. The van der Waals surface area contributed by atoms with Crippen molar-refractivity contribution in [2.24, 2.45) is 0 Å². The number of methoxy groups -OCH3 is 1. The van der Waals surface area contributed by atoms with Gasteiger partial charge in [0.25, 0.3) is 5.91 Å². The molecule has 6 nitrogen and oxygen atoms in total. The van der Waals surface area contributed by atoms with Crippen molar-refractivity contribution in [2.45, 2.75) is 31.1 Å². The van der Waals surface area contributed by atoms with Gasteiger partial charge < -0.3 is 10.1 Å². The van der Waals surface area contributed by atoms with Crippen LogP contribution in [0.2, 0.25) is 0 Å².